The lowest BCUT2D eigenvalue weighted by Crippen LogP contribution is -2.42. The highest BCUT2D eigenvalue weighted by molar-refractivity contribution is 6.16. The van der Waals surface area contributed by atoms with Crippen molar-refractivity contribution < 1.29 is 4.79 Å². The van der Waals surface area contributed by atoms with E-state index in [0.29, 0.717) is 5.92 Å². The van der Waals surface area contributed by atoms with Crippen LogP contribution in [0.4, 0.5) is 0 Å². The Labute approximate surface area is 177 Å². The molecule has 1 nitrogen and oxygen atoms in total. The Balaban J connectivity index is 2.27. The third-order valence-electron chi connectivity index (χ3n) is 8.03. The first-order valence-corrected chi connectivity index (χ1v) is 10.8. The third kappa shape index (κ3) is 2.70. The van der Waals surface area contributed by atoms with Gasteiger partial charge in [-0.15, -0.1) is 0 Å². The van der Waals surface area contributed by atoms with Crippen LogP contribution in [0.3, 0.4) is 0 Å². The van der Waals surface area contributed by atoms with E-state index in [0.717, 1.165) is 34.3 Å². The molecule has 154 valence electrons. The van der Waals surface area contributed by atoms with E-state index in [1.54, 1.807) is 0 Å². The molecule has 0 radical (unpaired) electrons. The van der Waals surface area contributed by atoms with Crippen LogP contribution in [0, 0.1) is 50.9 Å². The second-order valence-corrected chi connectivity index (χ2v) is 9.67. The Kier molecular flexibility index (Phi) is 5.18. The van der Waals surface area contributed by atoms with Gasteiger partial charge in [0.25, 0.3) is 0 Å². The highest BCUT2D eigenvalue weighted by Gasteiger charge is 2.54. The minimum atomic E-state index is -0.432. The number of hydrogen-bond acceptors (Lipinski definition) is 1. The number of carbonyl (C=O) groups is 1. The highest BCUT2D eigenvalue weighted by Crippen LogP contribution is 2.60. The Morgan fingerprint density at radius 1 is 0.966 bits per heavy atom. The highest BCUT2D eigenvalue weighted by atomic mass is 16.1. The summed E-state index contributed by atoms with van der Waals surface area (Å²) in [4.78, 5) is 14.0. The maximum atomic E-state index is 14.0. The van der Waals surface area contributed by atoms with Crippen molar-refractivity contribution in [3.8, 4) is 0 Å². The van der Waals surface area contributed by atoms with Crippen LogP contribution in [-0.2, 0) is 0 Å². The molecule has 0 N–H and O–H groups in total. The van der Waals surface area contributed by atoms with Gasteiger partial charge in [0, 0.05) is 16.9 Å². The van der Waals surface area contributed by atoms with Crippen molar-refractivity contribution in [3.05, 3.63) is 75.9 Å². The van der Waals surface area contributed by atoms with Crippen molar-refractivity contribution >= 4 is 11.4 Å². The molecule has 0 spiro atoms. The summed E-state index contributed by atoms with van der Waals surface area (Å²) in [6.07, 6.45) is 3.00. The zero-order chi connectivity index (χ0) is 22.0. The number of fused-ring (bicyclic) bond motifs is 1. The summed E-state index contributed by atoms with van der Waals surface area (Å²) in [6, 6.07) is 0. The standard InChI is InChI=1S/C28H36O/c1-12-22-13-15(4)23(14(2)3)21(10)28(22,11)26-20(9)24-18(7)16(5)17(6)19(8)25(24)27(26)29/h12,14,23,26H,4,9-10,13H2,1-3,5-8,11H3. The molecular formula is C28H36O. The molecule has 0 bridgehead atoms. The number of ketones is 1. The van der Waals surface area contributed by atoms with E-state index >= 15 is 0 Å². The van der Waals surface area contributed by atoms with Gasteiger partial charge in [0.1, 0.15) is 0 Å². The van der Waals surface area contributed by atoms with E-state index < -0.39 is 5.41 Å². The van der Waals surface area contributed by atoms with Gasteiger partial charge in [-0.3, -0.25) is 4.79 Å². The van der Waals surface area contributed by atoms with E-state index in [9.17, 15) is 4.79 Å². The van der Waals surface area contributed by atoms with Crippen molar-refractivity contribution in [1.29, 1.82) is 0 Å². The van der Waals surface area contributed by atoms with E-state index in [1.165, 1.54) is 27.8 Å². The van der Waals surface area contributed by atoms with Gasteiger partial charge in [0.2, 0.25) is 0 Å². The first kappa shape index (κ1) is 21.6. The van der Waals surface area contributed by atoms with Crippen LogP contribution in [-0.4, -0.2) is 5.78 Å². The zero-order valence-corrected chi connectivity index (χ0v) is 19.5. The lowest BCUT2D eigenvalue weighted by Gasteiger charge is -2.48. The van der Waals surface area contributed by atoms with Crippen LogP contribution in [0.2, 0.25) is 0 Å². The molecule has 0 saturated heterocycles. The summed E-state index contributed by atoms with van der Waals surface area (Å²) in [5, 5.41) is 0. The molecule has 1 heteroatoms. The summed E-state index contributed by atoms with van der Waals surface area (Å²) in [5.41, 5.74) is 10.9. The van der Waals surface area contributed by atoms with Crippen LogP contribution in [0.25, 0.3) is 5.57 Å². The van der Waals surface area contributed by atoms with Gasteiger partial charge in [-0.05, 0) is 80.3 Å². The molecule has 1 aromatic carbocycles. The molecule has 0 heterocycles. The van der Waals surface area contributed by atoms with Gasteiger partial charge in [0.05, 0.1) is 5.92 Å². The van der Waals surface area contributed by atoms with Crippen LogP contribution in [0.15, 0.2) is 42.5 Å². The lowest BCUT2D eigenvalue weighted by molar-refractivity contribution is 0.0896. The van der Waals surface area contributed by atoms with Crippen LogP contribution < -0.4 is 0 Å². The van der Waals surface area contributed by atoms with Crippen LogP contribution in [0.1, 0.15) is 72.3 Å². The average molecular weight is 389 g/mol. The predicted molar refractivity (Wildman–Crippen MR) is 125 cm³/mol. The Hall–Kier alpha value is -2.15. The molecule has 2 aliphatic carbocycles. The largest absolute Gasteiger partial charge is 0.293 e. The molecule has 0 aromatic heterocycles. The Morgan fingerprint density at radius 2 is 1.48 bits per heavy atom. The van der Waals surface area contributed by atoms with Gasteiger partial charge in [0.15, 0.2) is 5.78 Å². The van der Waals surface area contributed by atoms with Gasteiger partial charge in [-0.25, -0.2) is 0 Å². The molecule has 3 rings (SSSR count). The fourth-order valence-corrected chi connectivity index (χ4v) is 6.04. The molecule has 2 aliphatic rings. The lowest BCUT2D eigenvalue weighted by atomic mass is 9.54. The van der Waals surface area contributed by atoms with Gasteiger partial charge >= 0.3 is 0 Å². The van der Waals surface area contributed by atoms with Crippen molar-refractivity contribution in [2.24, 2.45) is 23.2 Å². The first-order valence-electron chi connectivity index (χ1n) is 10.8. The molecule has 1 saturated carbocycles. The van der Waals surface area contributed by atoms with Crippen molar-refractivity contribution in [3.63, 3.8) is 0 Å². The number of rotatable bonds is 2. The number of benzene rings is 1. The smallest absolute Gasteiger partial charge is 0.172 e. The minimum absolute atomic E-state index is 0.215. The molecule has 29 heavy (non-hydrogen) atoms. The zero-order valence-electron chi connectivity index (χ0n) is 19.5. The quantitative estimate of drug-likeness (QED) is 0.480. The summed E-state index contributed by atoms with van der Waals surface area (Å²) < 4.78 is 0. The number of Topliss-reactive ketones (excluding diaryl/α,β-unsaturated/α-hetero) is 1. The fourth-order valence-electron chi connectivity index (χ4n) is 6.04. The number of allylic oxidation sites excluding steroid dienone is 5. The first-order chi connectivity index (χ1) is 13.4. The second kappa shape index (κ2) is 6.97. The van der Waals surface area contributed by atoms with Crippen LogP contribution >= 0.6 is 0 Å². The fraction of sp³-hybridized carbons (Fsp3) is 0.464. The van der Waals surface area contributed by atoms with E-state index in [1.807, 2.05) is 0 Å². The van der Waals surface area contributed by atoms with E-state index in [2.05, 4.69) is 81.2 Å². The van der Waals surface area contributed by atoms with E-state index in [4.69, 9.17) is 0 Å². The van der Waals surface area contributed by atoms with E-state index in [-0.39, 0.29) is 17.6 Å². The van der Waals surface area contributed by atoms with Crippen molar-refractivity contribution in [2.75, 3.05) is 0 Å². The third-order valence-corrected chi connectivity index (χ3v) is 8.03. The van der Waals surface area contributed by atoms with Gasteiger partial charge in [-0.2, -0.15) is 0 Å². The molecular weight excluding hydrogens is 352 g/mol. The topological polar surface area (TPSA) is 17.1 Å². The summed E-state index contributed by atoms with van der Waals surface area (Å²) in [5.74, 6) is 0.558. The summed E-state index contributed by atoms with van der Waals surface area (Å²) in [7, 11) is 0. The van der Waals surface area contributed by atoms with Gasteiger partial charge in [-0.1, -0.05) is 63.3 Å². The molecule has 3 atom stereocenters. The van der Waals surface area contributed by atoms with Gasteiger partial charge < -0.3 is 0 Å². The maximum Gasteiger partial charge on any atom is 0.172 e. The molecule has 3 unspecified atom stereocenters. The molecule has 1 aromatic rings. The normalized spacial score (nSPS) is 28.7. The van der Waals surface area contributed by atoms with Crippen LogP contribution in [0.5, 0.6) is 0 Å². The molecule has 0 amide bonds. The van der Waals surface area contributed by atoms with Crippen molar-refractivity contribution in [1.82, 2.24) is 0 Å². The second-order valence-electron chi connectivity index (χ2n) is 9.67. The minimum Gasteiger partial charge on any atom is -0.293 e. The Bertz CT molecular complexity index is 951. The number of carbonyl (C=O) groups excluding carboxylic acids is 1. The predicted octanol–water partition coefficient (Wildman–Crippen LogP) is 7.49. The molecule has 1 fully saturated rings. The number of hydrogen-bond donors (Lipinski definition) is 0. The monoisotopic (exact) mass is 388 g/mol. The SMILES string of the molecule is C=C1CC(=CC)C(C)(C2C(=C)c3c(C)c(C)c(C)c(C)c3C2=O)C(=C)C1C(C)C. The average Bonchev–Trinajstić information content (AvgIpc) is 2.91. The summed E-state index contributed by atoms with van der Waals surface area (Å²) in [6.45, 7) is 30.7. The van der Waals surface area contributed by atoms with Crippen molar-refractivity contribution in [2.45, 2.75) is 61.8 Å². The molecule has 0 aliphatic heterocycles. The summed E-state index contributed by atoms with van der Waals surface area (Å²) >= 11 is 0. The Morgan fingerprint density at radius 3 is 1.97 bits per heavy atom. The maximum absolute atomic E-state index is 14.0.